The lowest BCUT2D eigenvalue weighted by Gasteiger charge is -2.11. The van der Waals surface area contributed by atoms with Gasteiger partial charge in [0.1, 0.15) is 10.7 Å². The van der Waals surface area contributed by atoms with Gasteiger partial charge in [0, 0.05) is 18.0 Å². The zero-order valence-corrected chi connectivity index (χ0v) is 16.1. The molecule has 0 aliphatic heterocycles. The van der Waals surface area contributed by atoms with Gasteiger partial charge in [-0.1, -0.05) is 18.2 Å². The second-order valence-corrected chi connectivity index (χ2v) is 7.76. The first-order valence-electron chi connectivity index (χ1n) is 8.45. The van der Waals surface area contributed by atoms with Gasteiger partial charge < -0.3 is 9.30 Å². The Hall–Kier alpha value is -3.46. The molecule has 3 aromatic rings. The third-order valence-corrected chi connectivity index (χ3v) is 5.50. The predicted molar refractivity (Wildman–Crippen MR) is 105 cm³/mol. The topological polar surface area (TPSA) is 94.5 Å². The third kappa shape index (κ3) is 4.69. The van der Waals surface area contributed by atoms with Crippen molar-refractivity contribution < 1.29 is 22.3 Å². The molecule has 0 saturated heterocycles. The van der Waals surface area contributed by atoms with Crippen molar-refractivity contribution in [2.75, 3.05) is 11.8 Å². The molecular formula is C20H17FN2O5S. The summed E-state index contributed by atoms with van der Waals surface area (Å²) >= 11 is 0. The number of benzene rings is 2. The van der Waals surface area contributed by atoms with E-state index in [2.05, 4.69) is 9.46 Å². The fourth-order valence-electron chi connectivity index (χ4n) is 2.63. The molecule has 150 valence electrons. The van der Waals surface area contributed by atoms with Gasteiger partial charge in [0.2, 0.25) is 0 Å². The van der Waals surface area contributed by atoms with E-state index in [1.807, 2.05) is 0 Å². The predicted octanol–water partition coefficient (Wildman–Crippen LogP) is 2.62. The maximum absolute atomic E-state index is 14.1. The van der Waals surface area contributed by atoms with Gasteiger partial charge in [-0.25, -0.2) is 17.6 Å². The summed E-state index contributed by atoms with van der Waals surface area (Å²) in [6.07, 6.45) is 1.65. The number of halogens is 1. The van der Waals surface area contributed by atoms with Gasteiger partial charge in [0.05, 0.1) is 19.2 Å². The number of hydrogen-bond donors (Lipinski definition) is 1. The second kappa shape index (κ2) is 8.27. The summed E-state index contributed by atoms with van der Waals surface area (Å²) in [5.74, 6) is -1.77. The first-order chi connectivity index (χ1) is 13.8. The van der Waals surface area contributed by atoms with E-state index < -0.39 is 26.7 Å². The molecule has 9 heteroatoms. The molecule has 0 fully saturated rings. The minimum absolute atomic E-state index is 0.0853. The molecule has 1 heterocycles. The summed E-state index contributed by atoms with van der Waals surface area (Å²) in [7, 11) is -3.13. The standard InChI is InChI=1S/C20H17FN2O5S/c1-28-20(25)15-7-10-17(21)18(12-15)29(26,27)22-16-8-5-14(6-9-16)13-23-11-3-2-4-19(23)24/h2-12,22H,13H2,1H3. The van der Waals surface area contributed by atoms with Crippen molar-refractivity contribution in [3.05, 3.63) is 94.2 Å². The van der Waals surface area contributed by atoms with Crippen LogP contribution in [0.3, 0.4) is 0 Å². The number of methoxy groups -OCH3 is 1. The highest BCUT2D eigenvalue weighted by Gasteiger charge is 2.21. The summed E-state index contributed by atoms with van der Waals surface area (Å²) in [5.41, 5.74) is 0.744. The summed E-state index contributed by atoms with van der Waals surface area (Å²) in [4.78, 5) is 22.7. The highest BCUT2D eigenvalue weighted by Crippen LogP contribution is 2.21. The van der Waals surface area contributed by atoms with Crippen molar-refractivity contribution in [2.45, 2.75) is 11.4 Å². The van der Waals surface area contributed by atoms with Gasteiger partial charge >= 0.3 is 5.97 Å². The Morgan fingerprint density at radius 3 is 2.48 bits per heavy atom. The van der Waals surface area contributed by atoms with E-state index >= 15 is 0 Å². The van der Waals surface area contributed by atoms with E-state index in [0.717, 1.165) is 30.9 Å². The molecule has 0 amide bonds. The van der Waals surface area contributed by atoms with E-state index in [9.17, 15) is 22.4 Å². The van der Waals surface area contributed by atoms with Crippen molar-refractivity contribution in [2.24, 2.45) is 0 Å². The average molecular weight is 416 g/mol. The molecule has 1 aromatic heterocycles. The fraction of sp³-hybridized carbons (Fsp3) is 0.100. The summed E-state index contributed by atoms with van der Waals surface area (Å²) in [6, 6.07) is 14.1. The molecule has 0 atom stereocenters. The monoisotopic (exact) mass is 416 g/mol. The van der Waals surface area contributed by atoms with Crippen LogP contribution >= 0.6 is 0 Å². The van der Waals surface area contributed by atoms with Gasteiger partial charge in [-0.05, 0) is 42.0 Å². The lowest BCUT2D eigenvalue weighted by atomic mass is 10.2. The summed E-state index contributed by atoms with van der Waals surface area (Å²) < 4.78 is 47.5. The lowest BCUT2D eigenvalue weighted by molar-refractivity contribution is 0.0600. The maximum Gasteiger partial charge on any atom is 0.337 e. The van der Waals surface area contributed by atoms with Crippen LogP contribution in [-0.4, -0.2) is 26.1 Å². The number of esters is 1. The first kappa shape index (κ1) is 20.3. The molecule has 1 N–H and O–H groups in total. The minimum atomic E-state index is -4.27. The summed E-state index contributed by atoms with van der Waals surface area (Å²) in [6.45, 7) is 0.322. The maximum atomic E-state index is 14.1. The number of hydrogen-bond acceptors (Lipinski definition) is 5. The van der Waals surface area contributed by atoms with Crippen LogP contribution in [0.25, 0.3) is 0 Å². The number of pyridine rings is 1. The molecular weight excluding hydrogens is 399 g/mol. The van der Waals surface area contributed by atoms with E-state index in [1.165, 1.54) is 22.8 Å². The molecule has 0 aliphatic rings. The number of anilines is 1. The number of nitrogens with one attached hydrogen (secondary N) is 1. The summed E-state index contributed by atoms with van der Waals surface area (Å²) in [5, 5.41) is 0. The molecule has 2 aromatic carbocycles. The van der Waals surface area contributed by atoms with Crippen LogP contribution in [0.4, 0.5) is 10.1 Å². The van der Waals surface area contributed by atoms with Gasteiger partial charge in [-0.2, -0.15) is 0 Å². The fourth-order valence-corrected chi connectivity index (χ4v) is 3.79. The molecule has 0 radical (unpaired) electrons. The van der Waals surface area contributed by atoms with Crippen LogP contribution < -0.4 is 10.3 Å². The number of nitrogens with zero attached hydrogens (tertiary/aromatic N) is 1. The van der Waals surface area contributed by atoms with Gasteiger partial charge in [0.25, 0.3) is 15.6 Å². The van der Waals surface area contributed by atoms with Crippen LogP contribution in [0.15, 0.2) is 76.6 Å². The van der Waals surface area contributed by atoms with Crippen molar-refractivity contribution in [1.29, 1.82) is 0 Å². The molecule has 7 nitrogen and oxygen atoms in total. The number of carbonyl (C=O) groups excluding carboxylic acids is 1. The lowest BCUT2D eigenvalue weighted by Crippen LogP contribution is -2.18. The van der Waals surface area contributed by atoms with E-state index in [4.69, 9.17) is 0 Å². The van der Waals surface area contributed by atoms with Gasteiger partial charge in [-0.15, -0.1) is 0 Å². The first-order valence-corrected chi connectivity index (χ1v) is 9.93. The number of sulfonamides is 1. The Morgan fingerprint density at radius 1 is 1.10 bits per heavy atom. The van der Waals surface area contributed by atoms with Crippen molar-refractivity contribution in [1.82, 2.24) is 4.57 Å². The molecule has 0 bridgehead atoms. The Bertz CT molecular complexity index is 1200. The Kier molecular flexibility index (Phi) is 5.79. The van der Waals surface area contributed by atoms with Crippen LogP contribution in [0, 0.1) is 5.82 Å². The minimum Gasteiger partial charge on any atom is -0.465 e. The number of aromatic nitrogens is 1. The van der Waals surface area contributed by atoms with E-state index in [0.29, 0.717) is 6.54 Å². The Balaban J connectivity index is 1.81. The Labute approximate surface area is 166 Å². The zero-order valence-electron chi connectivity index (χ0n) is 15.3. The molecule has 0 saturated carbocycles. The van der Waals surface area contributed by atoms with Crippen LogP contribution in [-0.2, 0) is 21.3 Å². The number of ether oxygens (including phenoxy) is 1. The molecule has 0 unspecified atom stereocenters. The second-order valence-electron chi connectivity index (χ2n) is 6.11. The van der Waals surface area contributed by atoms with Crippen LogP contribution in [0.5, 0.6) is 0 Å². The molecule has 0 aliphatic carbocycles. The van der Waals surface area contributed by atoms with Crippen molar-refractivity contribution in [3.63, 3.8) is 0 Å². The molecule has 29 heavy (non-hydrogen) atoms. The van der Waals surface area contributed by atoms with Crippen molar-refractivity contribution >= 4 is 21.7 Å². The quantitative estimate of drug-likeness (QED) is 0.624. The van der Waals surface area contributed by atoms with E-state index in [-0.39, 0.29) is 16.8 Å². The molecule has 0 spiro atoms. The third-order valence-electron chi connectivity index (χ3n) is 4.10. The molecule has 3 rings (SSSR count). The van der Waals surface area contributed by atoms with E-state index in [1.54, 1.807) is 30.5 Å². The Morgan fingerprint density at radius 2 is 1.83 bits per heavy atom. The normalized spacial score (nSPS) is 11.1. The highest BCUT2D eigenvalue weighted by molar-refractivity contribution is 7.92. The largest absolute Gasteiger partial charge is 0.465 e. The average Bonchev–Trinajstić information content (AvgIpc) is 2.70. The number of carbonyl (C=O) groups is 1. The smallest absolute Gasteiger partial charge is 0.337 e. The highest BCUT2D eigenvalue weighted by atomic mass is 32.2. The van der Waals surface area contributed by atoms with Crippen LogP contribution in [0.2, 0.25) is 0 Å². The van der Waals surface area contributed by atoms with Crippen LogP contribution in [0.1, 0.15) is 15.9 Å². The SMILES string of the molecule is COC(=O)c1ccc(F)c(S(=O)(=O)Nc2ccc(Cn3ccccc3=O)cc2)c1. The van der Waals surface area contributed by atoms with Gasteiger partial charge in [0.15, 0.2) is 0 Å². The van der Waals surface area contributed by atoms with Crippen molar-refractivity contribution in [3.8, 4) is 0 Å². The zero-order chi connectivity index (χ0) is 21.0. The number of rotatable bonds is 6. The van der Waals surface area contributed by atoms with Gasteiger partial charge in [-0.3, -0.25) is 9.52 Å².